The first kappa shape index (κ1) is 14.1. The van der Waals surface area contributed by atoms with Crippen molar-refractivity contribution in [1.29, 1.82) is 0 Å². The third-order valence-electron chi connectivity index (χ3n) is 5.02. The van der Waals surface area contributed by atoms with E-state index in [9.17, 15) is 8.42 Å². The van der Waals surface area contributed by atoms with E-state index in [1.54, 1.807) is 6.07 Å². The summed E-state index contributed by atoms with van der Waals surface area (Å²) in [7, 11) is -3.44. The fraction of sp³-hybridized carbons (Fsp3) is 0.714. The van der Waals surface area contributed by atoms with Crippen molar-refractivity contribution in [3.05, 3.63) is 18.0 Å². The van der Waals surface area contributed by atoms with Gasteiger partial charge in [-0.25, -0.2) is 13.1 Å². The molecule has 2 aliphatic rings. The number of nitrogens with two attached hydrogens (primary N) is 1. The molecule has 2 fully saturated rings. The molecule has 0 radical (unpaired) electrons. The second kappa shape index (κ2) is 5.16. The Balaban J connectivity index is 1.69. The van der Waals surface area contributed by atoms with Crippen molar-refractivity contribution in [2.45, 2.75) is 50.1 Å². The predicted octanol–water partition coefficient (Wildman–Crippen LogP) is 1.58. The van der Waals surface area contributed by atoms with Gasteiger partial charge >= 0.3 is 0 Å². The molecule has 6 heteroatoms. The zero-order chi connectivity index (χ0) is 14.3. The Labute approximate surface area is 120 Å². The van der Waals surface area contributed by atoms with Crippen LogP contribution in [0.2, 0.25) is 0 Å². The molecule has 4 unspecified atom stereocenters. The van der Waals surface area contributed by atoms with Gasteiger partial charge in [0.2, 0.25) is 10.0 Å². The molecule has 4 N–H and O–H groups in total. The van der Waals surface area contributed by atoms with Gasteiger partial charge in [0, 0.05) is 24.5 Å². The van der Waals surface area contributed by atoms with Gasteiger partial charge in [0.1, 0.15) is 0 Å². The molecule has 5 nitrogen and oxygen atoms in total. The highest BCUT2D eigenvalue weighted by molar-refractivity contribution is 7.89. The molecule has 0 amide bonds. The van der Waals surface area contributed by atoms with Gasteiger partial charge in [0.15, 0.2) is 0 Å². The van der Waals surface area contributed by atoms with Gasteiger partial charge in [0.25, 0.3) is 0 Å². The summed E-state index contributed by atoms with van der Waals surface area (Å²) in [5.41, 5.74) is 6.24. The molecule has 1 heterocycles. The average Bonchev–Trinajstić information content (AvgIpc) is 3.13. The number of hydrogen-bond donors (Lipinski definition) is 3. The molecule has 1 aromatic rings. The van der Waals surface area contributed by atoms with Crippen molar-refractivity contribution in [2.24, 2.45) is 23.5 Å². The van der Waals surface area contributed by atoms with Crippen molar-refractivity contribution in [1.82, 2.24) is 9.71 Å². The van der Waals surface area contributed by atoms with Crippen molar-refractivity contribution in [2.75, 3.05) is 0 Å². The van der Waals surface area contributed by atoms with Crippen LogP contribution in [0.4, 0.5) is 0 Å². The van der Waals surface area contributed by atoms with Crippen LogP contribution in [-0.2, 0) is 16.6 Å². The normalized spacial score (nSPS) is 30.8. The molecule has 2 aliphatic carbocycles. The van der Waals surface area contributed by atoms with Crippen LogP contribution in [0.5, 0.6) is 0 Å². The lowest BCUT2D eigenvalue weighted by Gasteiger charge is -2.28. The largest absolute Gasteiger partial charge is 0.363 e. The SMILES string of the molecule is CC(NS(=O)(=O)c1c[nH]c(CN)c1)C1CC2CCC1C2. The molecule has 0 aliphatic heterocycles. The lowest BCUT2D eigenvalue weighted by Crippen LogP contribution is -2.39. The van der Waals surface area contributed by atoms with Crippen LogP contribution in [-0.4, -0.2) is 19.4 Å². The first-order valence-corrected chi connectivity index (χ1v) is 8.87. The number of nitrogens with one attached hydrogen (secondary N) is 2. The minimum atomic E-state index is -3.44. The zero-order valence-corrected chi connectivity index (χ0v) is 12.6. The van der Waals surface area contributed by atoms with Gasteiger partial charge in [0.05, 0.1) is 4.90 Å². The lowest BCUT2D eigenvalue weighted by atomic mass is 9.84. The van der Waals surface area contributed by atoms with Gasteiger partial charge in [-0.3, -0.25) is 0 Å². The van der Waals surface area contributed by atoms with Gasteiger partial charge in [-0.05, 0) is 50.0 Å². The predicted molar refractivity (Wildman–Crippen MR) is 77.4 cm³/mol. The molecule has 2 saturated carbocycles. The molecular weight excluding hydrogens is 274 g/mol. The minimum Gasteiger partial charge on any atom is -0.363 e. The summed E-state index contributed by atoms with van der Waals surface area (Å²) >= 11 is 0. The van der Waals surface area contributed by atoms with Crippen molar-refractivity contribution >= 4 is 10.0 Å². The summed E-state index contributed by atoms with van der Waals surface area (Å²) in [5.74, 6) is 2.04. The third-order valence-corrected chi connectivity index (χ3v) is 6.56. The van der Waals surface area contributed by atoms with E-state index in [4.69, 9.17) is 5.73 Å². The van der Waals surface area contributed by atoms with E-state index in [0.29, 0.717) is 18.4 Å². The van der Waals surface area contributed by atoms with Crippen molar-refractivity contribution in [3.8, 4) is 0 Å². The first-order chi connectivity index (χ1) is 9.49. The van der Waals surface area contributed by atoms with Crippen molar-refractivity contribution in [3.63, 3.8) is 0 Å². The number of H-pyrrole nitrogens is 1. The maximum atomic E-state index is 12.4. The summed E-state index contributed by atoms with van der Waals surface area (Å²) in [6, 6.07) is 1.61. The minimum absolute atomic E-state index is 0.00604. The highest BCUT2D eigenvalue weighted by Gasteiger charge is 2.42. The van der Waals surface area contributed by atoms with Crippen LogP contribution in [0.15, 0.2) is 17.2 Å². The fourth-order valence-corrected chi connectivity index (χ4v) is 5.31. The smallest absolute Gasteiger partial charge is 0.242 e. The highest BCUT2D eigenvalue weighted by Crippen LogP contribution is 2.49. The molecule has 4 atom stereocenters. The molecule has 2 bridgehead atoms. The number of sulfonamides is 1. The van der Waals surface area contributed by atoms with E-state index < -0.39 is 10.0 Å². The molecule has 0 saturated heterocycles. The molecule has 0 spiro atoms. The summed E-state index contributed by atoms with van der Waals surface area (Å²) in [4.78, 5) is 3.17. The second-order valence-corrected chi connectivity index (χ2v) is 8.03. The first-order valence-electron chi connectivity index (χ1n) is 7.39. The van der Waals surface area contributed by atoms with Crippen LogP contribution < -0.4 is 10.5 Å². The summed E-state index contributed by atoms with van der Waals surface area (Å²) in [6.45, 7) is 2.32. The molecule has 112 valence electrons. The highest BCUT2D eigenvalue weighted by atomic mass is 32.2. The van der Waals surface area contributed by atoms with Crippen LogP contribution in [0.3, 0.4) is 0 Å². The van der Waals surface area contributed by atoms with E-state index in [-0.39, 0.29) is 10.9 Å². The summed E-state index contributed by atoms with van der Waals surface area (Å²) in [5, 5.41) is 0. The van der Waals surface area contributed by atoms with E-state index >= 15 is 0 Å². The van der Waals surface area contributed by atoms with Gasteiger partial charge in [-0.15, -0.1) is 0 Å². The maximum absolute atomic E-state index is 12.4. The van der Waals surface area contributed by atoms with E-state index in [0.717, 1.165) is 11.6 Å². The van der Waals surface area contributed by atoms with Crippen LogP contribution >= 0.6 is 0 Å². The Bertz CT molecular complexity index is 581. The van der Waals surface area contributed by atoms with Crippen molar-refractivity contribution < 1.29 is 8.42 Å². The number of aromatic nitrogens is 1. The number of fused-ring (bicyclic) bond motifs is 2. The van der Waals surface area contributed by atoms with Crippen LogP contribution in [0.25, 0.3) is 0 Å². The molecule has 3 rings (SSSR count). The fourth-order valence-electron chi connectivity index (χ4n) is 4.00. The number of hydrogen-bond acceptors (Lipinski definition) is 3. The molecule has 1 aromatic heterocycles. The summed E-state index contributed by atoms with van der Waals surface area (Å²) < 4.78 is 27.6. The number of rotatable bonds is 5. The van der Waals surface area contributed by atoms with Gasteiger partial charge < -0.3 is 10.7 Å². The zero-order valence-electron chi connectivity index (χ0n) is 11.8. The standard InChI is InChI=1S/C14H23N3O2S/c1-9(14-5-10-2-3-11(14)4-10)17-20(18,19)13-6-12(7-15)16-8-13/h6,8-11,14,16-17H,2-5,7,15H2,1H3. The van der Waals surface area contributed by atoms with Gasteiger partial charge in [-0.2, -0.15) is 0 Å². The Hall–Kier alpha value is -0.850. The topological polar surface area (TPSA) is 88.0 Å². The quantitative estimate of drug-likeness (QED) is 0.771. The third kappa shape index (κ3) is 2.52. The van der Waals surface area contributed by atoms with Crippen LogP contribution in [0, 0.1) is 17.8 Å². The molecule has 20 heavy (non-hydrogen) atoms. The van der Waals surface area contributed by atoms with E-state index in [1.807, 2.05) is 6.92 Å². The monoisotopic (exact) mass is 297 g/mol. The molecular formula is C14H23N3O2S. The Morgan fingerprint density at radius 1 is 1.45 bits per heavy atom. The maximum Gasteiger partial charge on any atom is 0.242 e. The van der Waals surface area contributed by atoms with E-state index in [1.165, 1.54) is 31.9 Å². The Morgan fingerprint density at radius 2 is 2.25 bits per heavy atom. The second-order valence-electron chi connectivity index (χ2n) is 6.31. The summed E-state index contributed by atoms with van der Waals surface area (Å²) in [6.07, 6.45) is 6.58. The Morgan fingerprint density at radius 3 is 2.80 bits per heavy atom. The van der Waals surface area contributed by atoms with E-state index in [2.05, 4.69) is 9.71 Å². The average molecular weight is 297 g/mol. The van der Waals surface area contributed by atoms with Crippen LogP contribution in [0.1, 0.15) is 38.3 Å². The Kier molecular flexibility index (Phi) is 3.64. The van der Waals surface area contributed by atoms with Gasteiger partial charge in [-0.1, -0.05) is 6.42 Å². The molecule has 0 aromatic carbocycles. The number of aromatic amines is 1. The lowest BCUT2D eigenvalue weighted by molar-refractivity contribution is 0.280.